The number of nitro groups is 1. The van der Waals surface area contributed by atoms with Gasteiger partial charge in [0.15, 0.2) is 0 Å². The van der Waals surface area contributed by atoms with E-state index >= 15 is 0 Å². The van der Waals surface area contributed by atoms with E-state index in [1.807, 2.05) is 0 Å². The first kappa shape index (κ1) is 15.9. The van der Waals surface area contributed by atoms with Crippen LogP contribution in [-0.4, -0.2) is 55.2 Å². The number of ether oxygens (including phenoxy) is 2. The zero-order valence-electron chi connectivity index (χ0n) is 11.6. The first-order chi connectivity index (χ1) is 9.97. The number of hydrogen-bond donors (Lipinski definition) is 0. The van der Waals surface area contributed by atoms with Crippen molar-refractivity contribution in [3.8, 4) is 0 Å². The number of benzene rings is 1. The molecule has 1 amide bonds. The van der Waals surface area contributed by atoms with Gasteiger partial charge < -0.3 is 14.4 Å². The van der Waals surface area contributed by atoms with Gasteiger partial charge in [-0.25, -0.2) is 0 Å². The average molecular weight is 359 g/mol. The highest BCUT2D eigenvalue weighted by Crippen LogP contribution is 2.26. The third-order valence-electron chi connectivity index (χ3n) is 3.50. The van der Waals surface area contributed by atoms with Gasteiger partial charge >= 0.3 is 0 Å². The molecule has 8 heteroatoms. The SMILES string of the molecule is COC1CN(C(=O)c2cc([N+](=O)[O-])ccc2Br)CC1OC. The van der Waals surface area contributed by atoms with Gasteiger partial charge in [-0.05, 0) is 22.0 Å². The Bertz CT molecular complexity index is 553. The number of likely N-dealkylation sites (tertiary alicyclic amines) is 1. The smallest absolute Gasteiger partial charge is 0.270 e. The normalized spacial score (nSPS) is 21.6. The number of nitrogens with zero attached hydrogens (tertiary/aromatic N) is 2. The molecule has 114 valence electrons. The topological polar surface area (TPSA) is 81.9 Å². The number of carbonyl (C=O) groups excluding carboxylic acids is 1. The molecule has 1 fully saturated rings. The Labute approximate surface area is 130 Å². The zero-order valence-corrected chi connectivity index (χ0v) is 13.2. The second kappa shape index (κ2) is 6.50. The number of non-ortho nitro benzene ring substituents is 1. The lowest BCUT2D eigenvalue weighted by Crippen LogP contribution is -2.30. The van der Waals surface area contributed by atoms with Crippen molar-refractivity contribution in [3.05, 3.63) is 38.3 Å². The first-order valence-electron chi connectivity index (χ1n) is 6.26. The maximum Gasteiger partial charge on any atom is 0.270 e. The third-order valence-corrected chi connectivity index (χ3v) is 4.19. The molecule has 2 rings (SSSR count). The molecule has 1 aromatic rings. The fourth-order valence-corrected chi connectivity index (χ4v) is 2.74. The molecule has 1 aliphatic rings. The van der Waals surface area contributed by atoms with Crippen LogP contribution >= 0.6 is 15.9 Å². The minimum atomic E-state index is -0.525. The first-order valence-corrected chi connectivity index (χ1v) is 7.06. The van der Waals surface area contributed by atoms with Gasteiger partial charge in [0.05, 0.1) is 10.5 Å². The summed E-state index contributed by atoms with van der Waals surface area (Å²) < 4.78 is 11.1. The van der Waals surface area contributed by atoms with Crippen molar-refractivity contribution in [1.29, 1.82) is 0 Å². The summed E-state index contributed by atoms with van der Waals surface area (Å²) >= 11 is 3.26. The van der Waals surface area contributed by atoms with Crippen molar-refractivity contribution < 1.29 is 19.2 Å². The van der Waals surface area contributed by atoms with Gasteiger partial charge in [-0.2, -0.15) is 0 Å². The number of hydrogen-bond acceptors (Lipinski definition) is 5. The number of rotatable bonds is 4. The Hall–Kier alpha value is -1.51. The number of amides is 1. The predicted molar refractivity (Wildman–Crippen MR) is 78.3 cm³/mol. The van der Waals surface area contributed by atoms with Gasteiger partial charge in [-0.3, -0.25) is 14.9 Å². The van der Waals surface area contributed by atoms with Gasteiger partial charge in [-0.1, -0.05) is 0 Å². The second-order valence-electron chi connectivity index (χ2n) is 4.68. The molecule has 0 aliphatic carbocycles. The van der Waals surface area contributed by atoms with E-state index < -0.39 is 4.92 Å². The summed E-state index contributed by atoms with van der Waals surface area (Å²) in [4.78, 5) is 24.4. The summed E-state index contributed by atoms with van der Waals surface area (Å²) in [6.45, 7) is 0.784. The molecule has 1 saturated heterocycles. The third kappa shape index (κ3) is 3.22. The van der Waals surface area contributed by atoms with E-state index in [0.717, 1.165) is 0 Å². The average Bonchev–Trinajstić information content (AvgIpc) is 2.90. The summed E-state index contributed by atoms with van der Waals surface area (Å²) in [6, 6.07) is 4.12. The van der Waals surface area contributed by atoms with E-state index in [0.29, 0.717) is 17.6 Å². The van der Waals surface area contributed by atoms with E-state index in [2.05, 4.69) is 15.9 Å². The van der Waals surface area contributed by atoms with E-state index in [1.54, 1.807) is 19.1 Å². The molecule has 2 unspecified atom stereocenters. The van der Waals surface area contributed by atoms with Crippen molar-refractivity contribution >= 4 is 27.5 Å². The molecule has 0 aromatic heterocycles. The summed E-state index contributed by atoms with van der Waals surface area (Å²) in [5.41, 5.74) is 0.142. The van der Waals surface area contributed by atoms with Gasteiger partial charge in [0.1, 0.15) is 12.2 Å². The highest BCUT2D eigenvalue weighted by Gasteiger charge is 2.36. The highest BCUT2D eigenvalue weighted by molar-refractivity contribution is 9.10. The van der Waals surface area contributed by atoms with Crippen molar-refractivity contribution in [2.24, 2.45) is 0 Å². The number of methoxy groups -OCH3 is 2. The van der Waals surface area contributed by atoms with Crippen molar-refractivity contribution in [2.45, 2.75) is 12.2 Å². The summed E-state index contributed by atoms with van der Waals surface area (Å²) in [7, 11) is 3.13. The summed E-state index contributed by atoms with van der Waals surface area (Å²) in [6.07, 6.45) is -0.396. The summed E-state index contributed by atoms with van der Waals surface area (Å²) in [5, 5.41) is 10.8. The van der Waals surface area contributed by atoms with Crippen LogP contribution in [0.4, 0.5) is 5.69 Å². The standard InChI is InChI=1S/C13H15BrN2O5/c1-20-11-6-15(7-12(11)21-2)13(17)9-5-8(16(18)19)3-4-10(9)14/h3-5,11-12H,6-7H2,1-2H3. The lowest BCUT2D eigenvalue weighted by molar-refractivity contribution is -0.384. The van der Waals surface area contributed by atoms with Crippen molar-refractivity contribution in [1.82, 2.24) is 4.90 Å². The van der Waals surface area contributed by atoms with Crippen LogP contribution in [0.3, 0.4) is 0 Å². The van der Waals surface area contributed by atoms with E-state index in [1.165, 1.54) is 18.2 Å². The highest BCUT2D eigenvalue weighted by atomic mass is 79.9. The molecule has 2 atom stereocenters. The molecule has 0 radical (unpaired) electrons. The van der Waals surface area contributed by atoms with E-state index in [-0.39, 0.29) is 29.4 Å². The molecule has 21 heavy (non-hydrogen) atoms. The number of nitro benzene ring substituents is 1. The van der Waals surface area contributed by atoms with Crippen LogP contribution in [0.15, 0.2) is 22.7 Å². The molecular formula is C13H15BrN2O5. The monoisotopic (exact) mass is 358 g/mol. The fourth-order valence-electron chi connectivity index (χ4n) is 2.32. The zero-order chi connectivity index (χ0) is 15.6. The molecule has 0 N–H and O–H groups in total. The largest absolute Gasteiger partial charge is 0.377 e. The summed E-state index contributed by atoms with van der Waals surface area (Å²) in [5.74, 6) is -0.285. The molecule has 1 aliphatic heterocycles. The van der Waals surface area contributed by atoms with Crippen LogP contribution < -0.4 is 0 Å². The van der Waals surface area contributed by atoms with Crippen molar-refractivity contribution in [3.63, 3.8) is 0 Å². The molecule has 1 aromatic carbocycles. The minimum absolute atomic E-state index is 0.118. The van der Waals surface area contributed by atoms with Crippen LogP contribution in [0.25, 0.3) is 0 Å². The number of carbonyl (C=O) groups is 1. The predicted octanol–water partition coefficient (Wildman–Crippen LogP) is 1.84. The fraction of sp³-hybridized carbons (Fsp3) is 0.462. The molecule has 0 bridgehead atoms. The Kier molecular flexibility index (Phi) is 4.92. The molecule has 0 saturated carbocycles. The Balaban J connectivity index is 2.25. The van der Waals surface area contributed by atoms with Gasteiger partial charge in [0.25, 0.3) is 11.6 Å². The van der Waals surface area contributed by atoms with Gasteiger partial charge in [-0.15, -0.1) is 0 Å². The lowest BCUT2D eigenvalue weighted by atomic mass is 10.2. The molecule has 7 nitrogen and oxygen atoms in total. The van der Waals surface area contributed by atoms with E-state index in [4.69, 9.17) is 9.47 Å². The Morgan fingerprint density at radius 1 is 1.33 bits per heavy atom. The molecule has 0 spiro atoms. The molecule has 1 heterocycles. The van der Waals surface area contributed by atoms with E-state index in [9.17, 15) is 14.9 Å². The molecular weight excluding hydrogens is 344 g/mol. The Morgan fingerprint density at radius 2 is 1.90 bits per heavy atom. The Morgan fingerprint density at radius 3 is 2.38 bits per heavy atom. The maximum absolute atomic E-state index is 12.5. The van der Waals surface area contributed by atoms with Crippen LogP contribution in [0.5, 0.6) is 0 Å². The van der Waals surface area contributed by atoms with Crippen LogP contribution in [0.2, 0.25) is 0 Å². The van der Waals surface area contributed by atoms with Crippen molar-refractivity contribution in [2.75, 3.05) is 27.3 Å². The quantitative estimate of drug-likeness (QED) is 0.605. The second-order valence-corrected chi connectivity index (χ2v) is 5.53. The maximum atomic E-state index is 12.5. The van der Waals surface area contributed by atoms with Gasteiger partial charge in [0, 0.05) is 43.9 Å². The van der Waals surface area contributed by atoms with Crippen LogP contribution in [-0.2, 0) is 9.47 Å². The van der Waals surface area contributed by atoms with Crippen LogP contribution in [0, 0.1) is 10.1 Å². The minimum Gasteiger partial charge on any atom is -0.377 e. The number of halogens is 1. The van der Waals surface area contributed by atoms with Gasteiger partial charge in [0.2, 0.25) is 0 Å². The van der Waals surface area contributed by atoms with Crippen LogP contribution in [0.1, 0.15) is 10.4 Å². The lowest BCUT2D eigenvalue weighted by Gasteiger charge is -2.16.